The van der Waals surface area contributed by atoms with Crippen molar-refractivity contribution in [3.05, 3.63) is 83.9 Å². The van der Waals surface area contributed by atoms with Gasteiger partial charge in [0.05, 0.1) is 31.5 Å². The molecule has 0 spiro atoms. The Morgan fingerprint density at radius 2 is 1.39 bits per heavy atom. The summed E-state index contributed by atoms with van der Waals surface area (Å²) in [7, 11) is 0. The lowest BCUT2D eigenvalue weighted by molar-refractivity contribution is -0.251. The molecule has 4 saturated carbocycles. The number of benzene rings is 2. The summed E-state index contributed by atoms with van der Waals surface area (Å²) in [5, 5.41) is 20.9. The molecule has 49 heavy (non-hydrogen) atoms. The molecule has 2 N–H and O–H groups in total. The van der Waals surface area contributed by atoms with Gasteiger partial charge in [0.15, 0.2) is 0 Å². The molecule has 0 radical (unpaired) electrons. The number of aliphatic hydroxyl groups excluding tert-OH is 2. The molecular formula is C43H62O6. The molecule has 6 nitrogen and oxygen atoms in total. The van der Waals surface area contributed by atoms with Crippen molar-refractivity contribution in [2.75, 3.05) is 20.2 Å². The Bertz CT molecular complexity index is 1320. The minimum atomic E-state index is -0.503. The van der Waals surface area contributed by atoms with Crippen LogP contribution in [0.25, 0.3) is 0 Å². The lowest BCUT2D eigenvalue weighted by Crippen LogP contribution is -2.63. The fraction of sp³-hybridized carbons (Fsp3) is 0.674. The zero-order valence-electron chi connectivity index (χ0n) is 30.4. The Labute approximate surface area is 295 Å². The molecule has 0 saturated heterocycles. The van der Waals surface area contributed by atoms with Crippen LogP contribution in [0.15, 0.2) is 72.8 Å². The van der Waals surface area contributed by atoms with E-state index < -0.39 is 6.10 Å². The number of aliphatic hydroxyl groups is 2. The highest BCUT2D eigenvalue weighted by atomic mass is 16.7. The van der Waals surface area contributed by atoms with Crippen molar-refractivity contribution < 1.29 is 29.2 Å². The van der Waals surface area contributed by atoms with Gasteiger partial charge < -0.3 is 29.2 Å². The van der Waals surface area contributed by atoms with Gasteiger partial charge in [-0.3, -0.25) is 0 Å². The lowest BCUT2D eigenvalue weighted by atomic mass is 9.43. The van der Waals surface area contributed by atoms with Crippen LogP contribution >= 0.6 is 0 Å². The summed E-state index contributed by atoms with van der Waals surface area (Å²) in [4.78, 5) is 0. The quantitative estimate of drug-likeness (QED) is 0.112. The molecule has 0 bridgehead atoms. The van der Waals surface area contributed by atoms with Crippen LogP contribution in [-0.2, 0) is 32.2 Å². The van der Waals surface area contributed by atoms with Gasteiger partial charge in [0, 0.05) is 6.61 Å². The van der Waals surface area contributed by atoms with Crippen LogP contribution in [0.5, 0.6) is 0 Å². The van der Waals surface area contributed by atoms with Crippen LogP contribution in [0.3, 0.4) is 0 Å². The molecule has 6 rings (SSSR count). The molecular weight excluding hydrogens is 612 g/mol. The lowest BCUT2D eigenvalue weighted by Gasteiger charge is -2.64. The smallest absolute Gasteiger partial charge is 0.147 e. The second kappa shape index (κ2) is 16.5. The van der Waals surface area contributed by atoms with Crippen molar-refractivity contribution in [2.24, 2.45) is 52.3 Å². The van der Waals surface area contributed by atoms with Crippen LogP contribution in [0, 0.1) is 52.3 Å². The summed E-state index contributed by atoms with van der Waals surface area (Å²) >= 11 is 0. The van der Waals surface area contributed by atoms with Crippen molar-refractivity contribution in [1.82, 2.24) is 0 Å². The van der Waals surface area contributed by atoms with E-state index in [1.807, 2.05) is 36.4 Å². The zero-order valence-corrected chi connectivity index (χ0v) is 30.4. The Kier molecular flexibility index (Phi) is 12.4. The van der Waals surface area contributed by atoms with Crippen LogP contribution < -0.4 is 0 Å². The van der Waals surface area contributed by atoms with E-state index >= 15 is 0 Å². The largest absolute Gasteiger partial charge is 0.396 e. The van der Waals surface area contributed by atoms with Crippen molar-refractivity contribution >= 4 is 0 Å². The number of ether oxygens (including phenoxy) is 4. The monoisotopic (exact) mass is 674 g/mol. The summed E-state index contributed by atoms with van der Waals surface area (Å²) < 4.78 is 25.5. The molecule has 2 aromatic carbocycles. The molecule has 0 aromatic heterocycles. The van der Waals surface area contributed by atoms with Crippen molar-refractivity contribution in [3.8, 4) is 0 Å². The van der Waals surface area contributed by atoms with Gasteiger partial charge in [0.2, 0.25) is 0 Å². The molecule has 270 valence electrons. The first kappa shape index (κ1) is 36.7. The predicted octanol–water partition coefficient (Wildman–Crippen LogP) is 8.56. The van der Waals surface area contributed by atoms with Gasteiger partial charge in [-0.15, -0.1) is 0 Å². The molecule has 4 aliphatic rings. The first-order valence-corrected chi connectivity index (χ1v) is 19.2. The van der Waals surface area contributed by atoms with Crippen LogP contribution in [0.2, 0.25) is 0 Å². The second-order valence-electron chi connectivity index (χ2n) is 16.5. The summed E-state index contributed by atoms with van der Waals surface area (Å²) in [6, 6.07) is 20.5. The third kappa shape index (κ3) is 8.05. The van der Waals surface area contributed by atoms with Gasteiger partial charge in [0.25, 0.3) is 0 Å². The summed E-state index contributed by atoms with van der Waals surface area (Å²) in [6.07, 6.45) is 12.5. The number of hydrogen-bond donors (Lipinski definition) is 2. The third-order valence-corrected chi connectivity index (χ3v) is 13.7. The van der Waals surface area contributed by atoms with E-state index in [1.54, 1.807) is 0 Å². The first-order valence-electron chi connectivity index (χ1n) is 19.2. The average Bonchev–Trinajstić information content (AvgIpc) is 3.48. The Balaban J connectivity index is 1.19. The summed E-state index contributed by atoms with van der Waals surface area (Å²) in [6.45, 7) is 11.3. The van der Waals surface area contributed by atoms with Crippen molar-refractivity contribution in [1.29, 1.82) is 0 Å². The predicted molar refractivity (Wildman–Crippen MR) is 193 cm³/mol. The highest BCUT2D eigenvalue weighted by Gasteiger charge is 2.65. The van der Waals surface area contributed by atoms with E-state index in [-0.39, 0.29) is 55.1 Å². The highest BCUT2D eigenvalue weighted by Crippen LogP contribution is 2.69. The van der Waals surface area contributed by atoms with Gasteiger partial charge in [0.1, 0.15) is 13.6 Å². The number of fused-ring (bicyclic) bond motifs is 5. The maximum Gasteiger partial charge on any atom is 0.147 e. The minimum Gasteiger partial charge on any atom is -0.396 e. The van der Waals surface area contributed by atoms with Crippen LogP contribution in [-0.4, -0.2) is 48.7 Å². The SMILES string of the molecule is C[C@H](C/C=C/[C@H](C)CO)[C@H]1CC[C@H]2[C@@H]3[C@H](OCOCc4ccccc4)C[C@H]4[C@@H](OCOCc5ccccc5)[C@H](O)CC[C@]4(C)[C@H]3CC[C@]12C. The molecule has 0 unspecified atom stereocenters. The summed E-state index contributed by atoms with van der Waals surface area (Å²) in [5.41, 5.74) is 2.63. The topological polar surface area (TPSA) is 77.4 Å². The molecule has 4 aliphatic carbocycles. The van der Waals surface area contributed by atoms with Gasteiger partial charge in [-0.1, -0.05) is 101 Å². The normalized spacial score (nSPS) is 36.9. The Morgan fingerprint density at radius 3 is 2.04 bits per heavy atom. The van der Waals surface area contributed by atoms with E-state index in [1.165, 1.54) is 25.7 Å². The zero-order chi connectivity index (χ0) is 34.4. The van der Waals surface area contributed by atoms with E-state index in [2.05, 4.69) is 64.1 Å². The number of rotatable bonds is 15. The van der Waals surface area contributed by atoms with Gasteiger partial charge in [-0.25, -0.2) is 0 Å². The standard InChI is InChI=1S/C43H62O6/c1-30(25-44)12-11-13-31(2)34-18-19-35-40-36(20-22-42(34,35)3)43(4)23-21-38(45)41(49-29-47-27-33-16-9-6-10-17-33)37(43)24-39(40)48-28-46-26-32-14-7-5-8-15-32/h5-12,14-17,30-31,34-41,44-45H,13,18-29H2,1-4H3/b12-11+/t30-,31+,34+,35-,36-,37-,38+,39+,40-,41+,42+,43+/m0/s1. The molecule has 2 aromatic rings. The Hall–Kier alpha value is -2.06. The van der Waals surface area contributed by atoms with Crippen molar-refractivity contribution in [2.45, 2.75) is 111 Å². The highest BCUT2D eigenvalue weighted by molar-refractivity contribution is 5.16. The van der Waals surface area contributed by atoms with E-state index in [0.29, 0.717) is 42.8 Å². The van der Waals surface area contributed by atoms with Gasteiger partial charge >= 0.3 is 0 Å². The fourth-order valence-corrected chi connectivity index (χ4v) is 11.1. The van der Waals surface area contributed by atoms with E-state index in [0.717, 1.165) is 36.8 Å². The maximum absolute atomic E-state index is 11.4. The van der Waals surface area contributed by atoms with E-state index in [4.69, 9.17) is 18.9 Å². The summed E-state index contributed by atoms with van der Waals surface area (Å²) in [5.74, 6) is 3.28. The molecule has 6 heteroatoms. The fourth-order valence-electron chi connectivity index (χ4n) is 11.1. The molecule has 4 fully saturated rings. The van der Waals surface area contributed by atoms with Crippen molar-refractivity contribution in [3.63, 3.8) is 0 Å². The molecule has 0 aliphatic heterocycles. The number of hydrogen-bond acceptors (Lipinski definition) is 6. The molecule has 12 atom stereocenters. The Morgan fingerprint density at radius 1 is 0.776 bits per heavy atom. The average molecular weight is 675 g/mol. The second-order valence-corrected chi connectivity index (χ2v) is 16.5. The number of allylic oxidation sites excluding steroid dienone is 1. The minimum absolute atomic E-state index is 0.0597. The van der Waals surface area contributed by atoms with E-state index in [9.17, 15) is 10.2 Å². The molecule has 0 amide bonds. The van der Waals surface area contributed by atoms with Gasteiger partial charge in [-0.05, 0) is 115 Å². The maximum atomic E-state index is 11.4. The van der Waals surface area contributed by atoms with Crippen LogP contribution in [0.4, 0.5) is 0 Å². The van der Waals surface area contributed by atoms with Crippen LogP contribution in [0.1, 0.15) is 90.2 Å². The van der Waals surface area contributed by atoms with Gasteiger partial charge in [-0.2, -0.15) is 0 Å². The molecule has 0 heterocycles. The first-order chi connectivity index (χ1) is 23.7. The third-order valence-electron chi connectivity index (χ3n) is 13.7.